The lowest BCUT2D eigenvalue weighted by Crippen LogP contribution is -2.47. The van der Waals surface area contributed by atoms with Crippen LogP contribution in [0.15, 0.2) is 54.7 Å². The number of hydrogen-bond donors (Lipinski definition) is 0. The Hall–Kier alpha value is -2.62. The highest BCUT2D eigenvalue weighted by Gasteiger charge is 2.27. The molecule has 1 aromatic carbocycles. The van der Waals surface area contributed by atoms with Gasteiger partial charge in [-0.1, -0.05) is 30.3 Å². The Kier molecular flexibility index (Phi) is 3.69. The van der Waals surface area contributed by atoms with Gasteiger partial charge in [-0.3, -0.25) is 4.84 Å². The third-order valence-electron chi connectivity index (χ3n) is 3.29. The molecule has 0 bridgehead atoms. The second kappa shape index (κ2) is 5.79. The summed E-state index contributed by atoms with van der Waals surface area (Å²) >= 11 is 0. The SMILES string of the molecule is CCO[n+]1ccccc1C(=O)OC1C=Cc2ccccc21. The summed E-state index contributed by atoms with van der Waals surface area (Å²) in [4.78, 5) is 17.7. The minimum Gasteiger partial charge on any atom is -0.445 e. The highest BCUT2D eigenvalue weighted by atomic mass is 16.7. The van der Waals surface area contributed by atoms with Crippen LogP contribution in [0.4, 0.5) is 0 Å². The first kappa shape index (κ1) is 13.4. The van der Waals surface area contributed by atoms with E-state index in [0.29, 0.717) is 12.3 Å². The number of benzene rings is 1. The van der Waals surface area contributed by atoms with Crippen LogP contribution >= 0.6 is 0 Å². The van der Waals surface area contributed by atoms with Gasteiger partial charge in [-0.25, -0.2) is 4.79 Å². The Morgan fingerprint density at radius 1 is 1.19 bits per heavy atom. The Labute approximate surface area is 123 Å². The van der Waals surface area contributed by atoms with Gasteiger partial charge < -0.3 is 4.74 Å². The van der Waals surface area contributed by atoms with Crippen molar-refractivity contribution in [2.24, 2.45) is 0 Å². The molecule has 4 nitrogen and oxygen atoms in total. The van der Waals surface area contributed by atoms with E-state index in [1.165, 1.54) is 4.73 Å². The van der Waals surface area contributed by atoms with Crippen LogP contribution in [-0.4, -0.2) is 12.6 Å². The molecule has 1 atom stereocenters. The van der Waals surface area contributed by atoms with Crippen molar-refractivity contribution in [1.82, 2.24) is 0 Å². The van der Waals surface area contributed by atoms with Gasteiger partial charge in [0.2, 0.25) is 6.20 Å². The fourth-order valence-corrected chi connectivity index (χ4v) is 2.33. The van der Waals surface area contributed by atoms with Gasteiger partial charge in [0, 0.05) is 22.4 Å². The highest BCUT2D eigenvalue weighted by Crippen LogP contribution is 2.31. The summed E-state index contributed by atoms with van der Waals surface area (Å²) in [5, 5.41) is 0. The summed E-state index contributed by atoms with van der Waals surface area (Å²) < 4.78 is 7.02. The van der Waals surface area contributed by atoms with E-state index >= 15 is 0 Å². The van der Waals surface area contributed by atoms with Crippen molar-refractivity contribution >= 4 is 12.0 Å². The summed E-state index contributed by atoms with van der Waals surface area (Å²) in [6, 6.07) is 13.1. The van der Waals surface area contributed by atoms with Gasteiger partial charge in [-0.2, -0.15) is 0 Å². The number of carbonyl (C=O) groups excluding carboxylic acids is 1. The summed E-state index contributed by atoms with van der Waals surface area (Å²) in [7, 11) is 0. The lowest BCUT2D eigenvalue weighted by molar-refractivity contribution is -0.892. The van der Waals surface area contributed by atoms with Crippen LogP contribution in [0.25, 0.3) is 6.08 Å². The van der Waals surface area contributed by atoms with E-state index in [4.69, 9.17) is 9.57 Å². The molecule has 0 saturated carbocycles. The summed E-state index contributed by atoms with van der Waals surface area (Å²) in [6.45, 7) is 2.34. The zero-order valence-electron chi connectivity index (χ0n) is 11.7. The molecule has 4 heteroatoms. The summed E-state index contributed by atoms with van der Waals surface area (Å²) in [6.07, 6.45) is 5.20. The maximum Gasteiger partial charge on any atom is 0.409 e. The topological polar surface area (TPSA) is 39.4 Å². The molecule has 0 spiro atoms. The number of pyridine rings is 1. The Bertz CT molecular complexity index is 694. The van der Waals surface area contributed by atoms with E-state index in [9.17, 15) is 4.79 Å². The molecule has 0 aliphatic heterocycles. The largest absolute Gasteiger partial charge is 0.445 e. The molecule has 1 aliphatic rings. The molecule has 106 valence electrons. The van der Waals surface area contributed by atoms with Crippen LogP contribution in [0, 0.1) is 0 Å². The monoisotopic (exact) mass is 282 g/mol. The number of esters is 1. The molecule has 0 fully saturated rings. The number of nitrogens with zero attached hydrogens (tertiary/aromatic N) is 1. The van der Waals surface area contributed by atoms with Crippen molar-refractivity contribution in [1.29, 1.82) is 0 Å². The van der Waals surface area contributed by atoms with Crippen molar-refractivity contribution in [3.05, 3.63) is 71.6 Å². The summed E-state index contributed by atoms with van der Waals surface area (Å²) in [5.74, 6) is -0.407. The maximum atomic E-state index is 12.3. The van der Waals surface area contributed by atoms with E-state index in [2.05, 4.69) is 0 Å². The first-order chi connectivity index (χ1) is 10.3. The number of ether oxygens (including phenoxy) is 1. The number of aromatic nitrogens is 1. The van der Waals surface area contributed by atoms with E-state index in [0.717, 1.165) is 11.1 Å². The molecule has 1 aliphatic carbocycles. The fraction of sp³-hybridized carbons (Fsp3) is 0.176. The van der Waals surface area contributed by atoms with E-state index in [-0.39, 0.29) is 6.10 Å². The second-order valence-corrected chi connectivity index (χ2v) is 4.64. The van der Waals surface area contributed by atoms with Gasteiger partial charge in [0.15, 0.2) is 6.61 Å². The predicted molar refractivity (Wildman–Crippen MR) is 77.4 cm³/mol. The highest BCUT2D eigenvalue weighted by molar-refractivity contribution is 5.86. The molecule has 0 saturated heterocycles. The van der Waals surface area contributed by atoms with Crippen molar-refractivity contribution in [2.45, 2.75) is 13.0 Å². The molecule has 0 radical (unpaired) electrons. The normalized spacial score (nSPS) is 15.6. The van der Waals surface area contributed by atoms with Crippen molar-refractivity contribution < 1.29 is 19.1 Å². The van der Waals surface area contributed by atoms with Crippen LogP contribution in [0.5, 0.6) is 0 Å². The zero-order valence-corrected chi connectivity index (χ0v) is 11.7. The van der Waals surface area contributed by atoms with Gasteiger partial charge >= 0.3 is 11.7 Å². The van der Waals surface area contributed by atoms with Crippen molar-refractivity contribution in [3.8, 4) is 0 Å². The van der Waals surface area contributed by atoms with Crippen LogP contribution in [-0.2, 0) is 4.74 Å². The van der Waals surface area contributed by atoms with Crippen LogP contribution in [0.3, 0.4) is 0 Å². The lowest BCUT2D eigenvalue weighted by atomic mass is 10.1. The second-order valence-electron chi connectivity index (χ2n) is 4.64. The van der Waals surface area contributed by atoms with E-state index in [1.807, 2.05) is 43.3 Å². The zero-order chi connectivity index (χ0) is 14.7. The summed E-state index contributed by atoms with van der Waals surface area (Å²) in [5.41, 5.74) is 2.46. The van der Waals surface area contributed by atoms with Gasteiger partial charge in [0.1, 0.15) is 6.10 Å². The van der Waals surface area contributed by atoms with Crippen molar-refractivity contribution in [2.75, 3.05) is 6.61 Å². The van der Waals surface area contributed by atoms with Crippen LogP contribution in [0.2, 0.25) is 0 Å². The quantitative estimate of drug-likeness (QED) is 0.638. The van der Waals surface area contributed by atoms with Gasteiger partial charge in [-0.15, -0.1) is 0 Å². The van der Waals surface area contributed by atoms with Gasteiger partial charge in [0.25, 0.3) is 0 Å². The maximum absolute atomic E-state index is 12.3. The van der Waals surface area contributed by atoms with E-state index in [1.54, 1.807) is 24.4 Å². The third-order valence-corrected chi connectivity index (χ3v) is 3.29. The number of rotatable bonds is 4. The molecule has 0 N–H and O–H groups in total. The Morgan fingerprint density at radius 3 is 2.86 bits per heavy atom. The number of carbonyl (C=O) groups is 1. The molecule has 21 heavy (non-hydrogen) atoms. The van der Waals surface area contributed by atoms with Crippen LogP contribution in [0.1, 0.15) is 34.6 Å². The predicted octanol–water partition coefficient (Wildman–Crippen LogP) is 2.35. The molecule has 2 aromatic rings. The molecule has 3 rings (SSSR count). The average molecular weight is 282 g/mol. The number of fused-ring (bicyclic) bond motifs is 1. The number of hydrogen-bond acceptors (Lipinski definition) is 3. The smallest absolute Gasteiger partial charge is 0.409 e. The fourth-order valence-electron chi connectivity index (χ4n) is 2.33. The Morgan fingerprint density at radius 2 is 2.00 bits per heavy atom. The van der Waals surface area contributed by atoms with Gasteiger partial charge in [0.05, 0.1) is 0 Å². The third kappa shape index (κ3) is 2.65. The minimum absolute atomic E-state index is 0.344. The minimum atomic E-state index is -0.407. The van der Waals surface area contributed by atoms with Gasteiger partial charge in [-0.05, 0) is 24.6 Å². The molecular formula is C17H16NO3+. The molecule has 1 aromatic heterocycles. The van der Waals surface area contributed by atoms with E-state index < -0.39 is 5.97 Å². The standard InChI is InChI=1S/C17H16NO3/c1-2-20-18-12-6-5-9-15(18)17(19)21-16-11-10-13-7-3-4-8-14(13)16/h3-12,16H,2H2,1H3/q+1. The lowest BCUT2D eigenvalue weighted by Gasteiger charge is -2.11. The average Bonchev–Trinajstić information content (AvgIpc) is 2.91. The molecule has 0 amide bonds. The molecule has 1 heterocycles. The first-order valence-corrected chi connectivity index (χ1v) is 6.91. The Balaban J connectivity index is 1.81. The first-order valence-electron chi connectivity index (χ1n) is 6.91. The van der Waals surface area contributed by atoms with Crippen molar-refractivity contribution in [3.63, 3.8) is 0 Å². The molecular weight excluding hydrogens is 266 g/mol. The molecule has 1 unspecified atom stereocenters. The van der Waals surface area contributed by atoms with Crippen LogP contribution < -0.4 is 9.57 Å².